The summed E-state index contributed by atoms with van der Waals surface area (Å²) in [5.41, 5.74) is 4.25. The first-order valence-corrected chi connectivity index (χ1v) is 7.33. The normalized spacial score (nSPS) is 15.2. The highest BCUT2D eigenvalue weighted by atomic mass is 15.3. The van der Waals surface area contributed by atoms with Crippen LogP contribution in [0, 0.1) is 13.8 Å². The molecular formula is C16H21N5. The fourth-order valence-corrected chi connectivity index (χ4v) is 2.60. The van der Waals surface area contributed by atoms with Crippen molar-refractivity contribution >= 4 is 6.20 Å². The maximum absolute atomic E-state index is 4.41. The Bertz CT molecular complexity index is 671. The topological polar surface area (TPSA) is 38.9 Å². The molecule has 2 aromatic heterocycles. The van der Waals surface area contributed by atoms with Crippen LogP contribution in [0.15, 0.2) is 36.9 Å². The minimum Gasteiger partial charge on any atom is -0.372 e. The molecule has 0 unspecified atom stereocenters. The summed E-state index contributed by atoms with van der Waals surface area (Å²) >= 11 is 0. The monoisotopic (exact) mass is 283 g/mol. The molecule has 3 rings (SSSR count). The van der Waals surface area contributed by atoms with E-state index < -0.39 is 0 Å². The molecule has 0 amide bonds. The molecule has 21 heavy (non-hydrogen) atoms. The Labute approximate surface area is 125 Å². The molecule has 0 atom stereocenters. The number of aromatic nitrogens is 4. The van der Waals surface area contributed by atoms with Crippen molar-refractivity contribution in [3.63, 3.8) is 0 Å². The molecule has 0 bridgehead atoms. The van der Waals surface area contributed by atoms with E-state index in [0.717, 1.165) is 35.7 Å². The third-order valence-electron chi connectivity index (χ3n) is 3.90. The number of hydrogen-bond donors (Lipinski definition) is 0. The summed E-state index contributed by atoms with van der Waals surface area (Å²) in [7, 11) is 0. The molecule has 5 heteroatoms. The number of nitrogens with zero attached hydrogens (tertiary/aromatic N) is 5. The Kier molecular flexibility index (Phi) is 3.64. The second kappa shape index (κ2) is 5.60. The van der Waals surface area contributed by atoms with Crippen LogP contribution in [0.25, 0.3) is 11.9 Å². The Hall–Kier alpha value is -2.30. The van der Waals surface area contributed by atoms with Crippen LogP contribution in [-0.2, 0) is 0 Å². The van der Waals surface area contributed by atoms with E-state index in [-0.39, 0.29) is 0 Å². The van der Waals surface area contributed by atoms with E-state index in [0.29, 0.717) is 0 Å². The lowest BCUT2D eigenvalue weighted by Crippen LogP contribution is -2.16. The molecule has 0 saturated carbocycles. The number of allylic oxidation sites excluding steroid dienone is 1. The minimum atomic E-state index is 1.000. The third-order valence-corrected chi connectivity index (χ3v) is 3.90. The molecule has 2 aromatic rings. The van der Waals surface area contributed by atoms with Gasteiger partial charge >= 0.3 is 0 Å². The first kappa shape index (κ1) is 13.7. The van der Waals surface area contributed by atoms with Crippen molar-refractivity contribution in [2.45, 2.75) is 26.7 Å². The lowest BCUT2D eigenvalue weighted by atomic mass is 10.4. The Morgan fingerprint density at radius 3 is 2.62 bits per heavy atom. The fraction of sp³-hybridized carbons (Fsp3) is 0.375. The van der Waals surface area contributed by atoms with Gasteiger partial charge in [0.1, 0.15) is 5.69 Å². The largest absolute Gasteiger partial charge is 0.372 e. The minimum absolute atomic E-state index is 1.000. The molecule has 0 aromatic carbocycles. The van der Waals surface area contributed by atoms with Crippen molar-refractivity contribution in [3.05, 3.63) is 48.2 Å². The highest BCUT2D eigenvalue weighted by Crippen LogP contribution is 2.16. The zero-order valence-corrected chi connectivity index (χ0v) is 12.7. The summed E-state index contributed by atoms with van der Waals surface area (Å²) in [6.07, 6.45) is 12.2. The molecule has 3 heterocycles. The van der Waals surface area contributed by atoms with Gasteiger partial charge in [-0.1, -0.05) is 6.58 Å². The highest BCUT2D eigenvalue weighted by Gasteiger charge is 2.11. The number of likely N-dealkylation sites (tertiary alicyclic amines) is 1. The Morgan fingerprint density at radius 2 is 1.95 bits per heavy atom. The van der Waals surface area contributed by atoms with Gasteiger partial charge in [0.15, 0.2) is 0 Å². The molecule has 110 valence electrons. The number of hydrogen-bond acceptors (Lipinski definition) is 3. The van der Waals surface area contributed by atoms with Crippen LogP contribution in [-0.4, -0.2) is 37.6 Å². The first-order valence-electron chi connectivity index (χ1n) is 7.33. The van der Waals surface area contributed by atoms with E-state index in [2.05, 4.69) is 21.7 Å². The maximum atomic E-state index is 4.41. The van der Waals surface area contributed by atoms with Crippen molar-refractivity contribution < 1.29 is 0 Å². The zero-order chi connectivity index (χ0) is 14.8. The van der Waals surface area contributed by atoms with E-state index in [9.17, 15) is 0 Å². The molecule has 1 aliphatic heterocycles. The summed E-state index contributed by atoms with van der Waals surface area (Å²) in [5, 5.41) is 8.74. The summed E-state index contributed by atoms with van der Waals surface area (Å²) in [4.78, 5) is 2.31. The summed E-state index contributed by atoms with van der Waals surface area (Å²) < 4.78 is 3.73. The second-order valence-corrected chi connectivity index (χ2v) is 5.52. The van der Waals surface area contributed by atoms with Crippen molar-refractivity contribution in [1.29, 1.82) is 0 Å². The summed E-state index contributed by atoms with van der Waals surface area (Å²) in [6.45, 7) is 10.4. The van der Waals surface area contributed by atoms with Crippen LogP contribution in [0.4, 0.5) is 0 Å². The van der Waals surface area contributed by atoms with Gasteiger partial charge in [-0.15, -0.1) is 0 Å². The summed E-state index contributed by atoms with van der Waals surface area (Å²) in [6, 6.07) is 0. The van der Waals surface area contributed by atoms with E-state index >= 15 is 0 Å². The number of rotatable bonds is 4. The molecule has 1 fully saturated rings. The van der Waals surface area contributed by atoms with Gasteiger partial charge in [-0.25, -0.2) is 9.36 Å². The second-order valence-electron chi connectivity index (χ2n) is 5.52. The van der Waals surface area contributed by atoms with Crippen LogP contribution in [0.2, 0.25) is 0 Å². The van der Waals surface area contributed by atoms with Crippen LogP contribution in [0.5, 0.6) is 0 Å². The van der Waals surface area contributed by atoms with Gasteiger partial charge < -0.3 is 4.90 Å². The lowest BCUT2D eigenvalue weighted by molar-refractivity contribution is 0.442. The number of aryl methyl sites for hydroxylation is 1. The van der Waals surface area contributed by atoms with Crippen LogP contribution in [0.1, 0.15) is 24.1 Å². The average molecular weight is 283 g/mol. The van der Waals surface area contributed by atoms with Gasteiger partial charge in [0.25, 0.3) is 0 Å². The van der Waals surface area contributed by atoms with Crippen molar-refractivity contribution in [3.8, 4) is 5.69 Å². The van der Waals surface area contributed by atoms with E-state index in [1.165, 1.54) is 12.8 Å². The van der Waals surface area contributed by atoms with Gasteiger partial charge in [0, 0.05) is 31.2 Å². The molecule has 0 radical (unpaired) electrons. The van der Waals surface area contributed by atoms with Gasteiger partial charge in [0.2, 0.25) is 0 Å². The molecule has 1 aliphatic rings. The molecule has 1 saturated heterocycles. The van der Waals surface area contributed by atoms with Gasteiger partial charge in [-0.3, -0.25) is 0 Å². The van der Waals surface area contributed by atoms with Gasteiger partial charge in [-0.2, -0.15) is 10.2 Å². The van der Waals surface area contributed by atoms with E-state index in [4.69, 9.17) is 0 Å². The predicted octanol–water partition coefficient (Wildman–Crippen LogP) is 2.77. The molecule has 0 spiro atoms. The van der Waals surface area contributed by atoms with E-state index in [1.54, 1.807) is 0 Å². The van der Waals surface area contributed by atoms with Crippen LogP contribution >= 0.6 is 0 Å². The van der Waals surface area contributed by atoms with Gasteiger partial charge in [-0.05, 0) is 38.3 Å². The molecule has 0 aliphatic carbocycles. The third kappa shape index (κ3) is 2.77. The highest BCUT2D eigenvalue weighted by molar-refractivity contribution is 5.41. The molecule has 5 nitrogen and oxygen atoms in total. The van der Waals surface area contributed by atoms with Crippen molar-refractivity contribution in [2.24, 2.45) is 0 Å². The van der Waals surface area contributed by atoms with Gasteiger partial charge in [0.05, 0.1) is 18.1 Å². The van der Waals surface area contributed by atoms with Crippen LogP contribution < -0.4 is 0 Å². The maximum Gasteiger partial charge on any atom is 0.106 e. The first-order chi connectivity index (χ1) is 10.1. The van der Waals surface area contributed by atoms with E-state index in [1.807, 2.05) is 54.1 Å². The Morgan fingerprint density at radius 1 is 1.19 bits per heavy atom. The zero-order valence-electron chi connectivity index (χ0n) is 12.7. The summed E-state index contributed by atoms with van der Waals surface area (Å²) in [5.74, 6) is 0. The fourth-order valence-electron chi connectivity index (χ4n) is 2.60. The quantitative estimate of drug-likeness (QED) is 0.810. The lowest BCUT2D eigenvalue weighted by Gasteiger charge is -2.16. The Balaban J connectivity index is 1.77. The molecular weight excluding hydrogens is 262 g/mol. The SMILES string of the molecule is C=C(/C=C\n1ncc(-n2cc(C)cn2)c1C)N1CCCC1. The standard InChI is InChI=1S/C16H21N5/c1-13-10-17-21(12-13)16-11-18-20(15(16)3)9-6-14(2)19-7-4-5-8-19/h6,9-12H,2,4-5,7-8H2,1,3H3/b9-6-. The predicted molar refractivity (Wildman–Crippen MR) is 84.1 cm³/mol. The molecule has 0 N–H and O–H groups in total. The van der Waals surface area contributed by atoms with Crippen molar-refractivity contribution in [1.82, 2.24) is 24.5 Å². The average Bonchev–Trinajstić information content (AvgIpc) is 3.18. The van der Waals surface area contributed by atoms with Crippen molar-refractivity contribution in [2.75, 3.05) is 13.1 Å². The van der Waals surface area contributed by atoms with Crippen LogP contribution in [0.3, 0.4) is 0 Å². The smallest absolute Gasteiger partial charge is 0.106 e.